The fourth-order valence-corrected chi connectivity index (χ4v) is 4.94. The Balaban J connectivity index is 1.42. The third-order valence-electron chi connectivity index (χ3n) is 6.86. The van der Waals surface area contributed by atoms with Gasteiger partial charge in [-0.2, -0.15) is 0 Å². The number of ether oxygens (including phenoxy) is 2. The Kier molecular flexibility index (Phi) is 7.43. The van der Waals surface area contributed by atoms with Gasteiger partial charge in [-0.1, -0.05) is 25.8 Å². The molecule has 0 radical (unpaired) electrons. The van der Waals surface area contributed by atoms with Gasteiger partial charge < -0.3 is 20.1 Å². The highest BCUT2D eigenvalue weighted by Gasteiger charge is 2.46. The second kappa shape index (κ2) is 11.0. The van der Waals surface area contributed by atoms with Crippen molar-refractivity contribution in [1.82, 2.24) is 35.1 Å². The molecule has 1 aromatic carbocycles. The molecular weight excluding hydrogens is 458 g/mol. The quantitative estimate of drug-likeness (QED) is 0.444. The van der Waals surface area contributed by atoms with E-state index in [2.05, 4.69) is 32.4 Å². The molecule has 4 heterocycles. The normalized spacial score (nSPS) is 17.0. The van der Waals surface area contributed by atoms with Crippen LogP contribution in [-0.2, 0) is 16.8 Å². The molecule has 5 rings (SSSR count). The molecule has 1 amide bonds. The van der Waals surface area contributed by atoms with E-state index in [1.165, 1.54) is 0 Å². The Morgan fingerprint density at radius 1 is 1.17 bits per heavy atom. The SMILES string of the molecule is CCCCC(C(=O)NCCc1ccc2c(c1)OCO2)(c1ccnc(-n2ccnc2)n1)N1CCNCC1. The number of hydrogen-bond acceptors (Lipinski definition) is 8. The number of unbranched alkanes of at least 4 members (excludes halogenated alkanes) is 1. The molecule has 1 atom stereocenters. The average molecular weight is 492 g/mol. The van der Waals surface area contributed by atoms with Gasteiger partial charge in [0.05, 0.1) is 5.69 Å². The standard InChI is InChI=1S/C26H33N7O3/c1-2-3-8-26(33-15-12-27-13-16-33,23-7-10-30-25(31-23)32-14-11-28-18-32)24(34)29-9-6-20-4-5-21-22(17-20)36-19-35-21/h4-5,7,10-11,14,17-18,27H,2-3,6,8-9,12-13,15-16,19H2,1H3,(H,29,34). The lowest BCUT2D eigenvalue weighted by atomic mass is 9.84. The first-order valence-electron chi connectivity index (χ1n) is 12.6. The highest BCUT2D eigenvalue weighted by atomic mass is 16.7. The van der Waals surface area contributed by atoms with Crippen molar-refractivity contribution >= 4 is 5.91 Å². The Morgan fingerprint density at radius 3 is 2.83 bits per heavy atom. The summed E-state index contributed by atoms with van der Waals surface area (Å²) in [6.45, 7) is 6.11. The third kappa shape index (κ3) is 4.91. The van der Waals surface area contributed by atoms with Crippen molar-refractivity contribution in [3.63, 3.8) is 0 Å². The maximum atomic E-state index is 14.1. The van der Waals surface area contributed by atoms with E-state index in [0.717, 1.165) is 61.8 Å². The van der Waals surface area contributed by atoms with Crippen molar-refractivity contribution in [2.45, 2.75) is 38.1 Å². The monoisotopic (exact) mass is 491 g/mol. The number of benzene rings is 1. The fourth-order valence-electron chi connectivity index (χ4n) is 4.94. The van der Waals surface area contributed by atoms with Gasteiger partial charge in [0.25, 0.3) is 0 Å². The highest BCUT2D eigenvalue weighted by molar-refractivity contribution is 5.87. The van der Waals surface area contributed by atoms with Crippen LogP contribution in [-0.4, -0.2) is 69.8 Å². The van der Waals surface area contributed by atoms with Gasteiger partial charge in [0, 0.05) is 51.3 Å². The van der Waals surface area contributed by atoms with Gasteiger partial charge in [0.2, 0.25) is 18.6 Å². The van der Waals surface area contributed by atoms with Crippen LogP contribution in [0.1, 0.15) is 37.4 Å². The Bertz CT molecular complexity index is 1160. The molecule has 2 aromatic heterocycles. The number of amides is 1. The Morgan fingerprint density at radius 2 is 2.03 bits per heavy atom. The lowest BCUT2D eigenvalue weighted by Crippen LogP contribution is -2.61. The van der Waals surface area contributed by atoms with Crippen LogP contribution >= 0.6 is 0 Å². The molecule has 3 aromatic rings. The summed E-state index contributed by atoms with van der Waals surface area (Å²) in [6, 6.07) is 7.80. The van der Waals surface area contributed by atoms with E-state index in [1.54, 1.807) is 23.3 Å². The maximum absolute atomic E-state index is 14.1. The second-order valence-corrected chi connectivity index (χ2v) is 9.11. The van der Waals surface area contributed by atoms with Gasteiger partial charge in [0.1, 0.15) is 11.9 Å². The van der Waals surface area contributed by atoms with Crippen LogP contribution in [0.5, 0.6) is 11.5 Å². The molecule has 10 heteroatoms. The van der Waals surface area contributed by atoms with Crippen molar-refractivity contribution < 1.29 is 14.3 Å². The van der Waals surface area contributed by atoms with Crippen molar-refractivity contribution in [2.75, 3.05) is 39.5 Å². The lowest BCUT2D eigenvalue weighted by Gasteiger charge is -2.44. The molecular formula is C26H33N7O3. The van der Waals surface area contributed by atoms with Crippen LogP contribution in [0.3, 0.4) is 0 Å². The number of fused-ring (bicyclic) bond motifs is 1. The average Bonchev–Trinajstić information content (AvgIpc) is 3.62. The van der Waals surface area contributed by atoms with Gasteiger partial charge in [-0.15, -0.1) is 0 Å². The summed E-state index contributed by atoms with van der Waals surface area (Å²) in [4.78, 5) is 29.9. The molecule has 0 bridgehead atoms. The van der Waals surface area contributed by atoms with E-state index in [4.69, 9.17) is 14.5 Å². The van der Waals surface area contributed by atoms with E-state index in [1.807, 2.05) is 30.5 Å². The molecule has 1 unspecified atom stereocenters. The zero-order valence-electron chi connectivity index (χ0n) is 20.7. The summed E-state index contributed by atoms with van der Waals surface area (Å²) in [5.41, 5.74) is 0.924. The number of aromatic nitrogens is 4. The molecule has 2 aliphatic heterocycles. The summed E-state index contributed by atoms with van der Waals surface area (Å²) >= 11 is 0. The topological polar surface area (TPSA) is 106 Å². The van der Waals surface area contributed by atoms with Crippen LogP contribution < -0.4 is 20.1 Å². The van der Waals surface area contributed by atoms with Crippen molar-refractivity contribution in [1.29, 1.82) is 0 Å². The number of carbonyl (C=O) groups excluding carboxylic acids is 1. The van der Waals surface area contributed by atoms with E-state index < -0.39 is 5.54 Å². The molecule has 36 heavy (non-hydrogen) atoms. The first-order valence-corrected chi connectivity index (χ1v) is 12.6. The maximum Gasteiger partial charge on any atom is 0.246 e. The number of nitrogens with zero attached hydrogens (tertiary/aromatic N) is 5. The molecule has 0 saturated carbocycles. The Labute approximate surface area is 211 Å². The minimum absolute atomic E-state index is 0.0196. The van der Waals surface area contributed by atoms with Crippen LogP contribution in [0.4, 0.5) is 0 Å². The lowest BCUT2D eigenvalue weighted by molar-refractivity contribution is -0.136. The summed E-state index contributed by atoms with van der Waals surface area (Å²) < 4.78 is 12.7. The largest absolute Gasteiger partial charge is 0.454 e. The molecule has 10 nitrogen and oxygen atoms in total. The molecule has 1 saturated heterocycles. The number of piperazine rings is 1. The van der Waals surface area contributed by atoms with Gasteiger partial charge in [0.15, 0.2) is 11.5 Å². The van der Waals surface area contributed by atoms with Crippen molar-refractivity contribution in [2.24, 2.45) is 0 Å². The van der Waals surface area contributed by atoms with Crippen LogP contribution in [0, 0.1) is 0 Å². The molecule has 1 fully saturated rings. The van der Waals surface area contributed by atoms with Gasteiger partial charge in [-0.05, 0) is 36.6 Å². The zero-order valence-corrected chi connectivity index (χ0v) is 20.7. The molecule has 2 N–H and O–H groups in total. The highest BCUT2D eigenvalue weighted by Crippen LogP contribution is 2.35. The molecule has 0 aliphatic carbocycles. The number of hydrogen-bond donors (Lipinski definition) is 2. The predicted molar refractivity (Wildman–Crippen MR) is 134 cm³/mol. The van der Waals surface area contributed by atoms with Crippen molar-refractivity contribution in [3.8, 4) is 17.4 Å². The Hall–Kier alpha value is -3.50. The van der Waals surface area contributed by atoms with Gasteiger partial charge in [-0.25, -0.2) is 15.0 Å². The molecule has 0 spiro atoms. The van der Waals surface area contributed by atoms with E-state index in [9.17, 15) is 4.79 Å². The van der Waals surface area contributed by atoms with E-state index in [0.29, 0.717) is 25.3 Å². The van der Waals surface area contributed by atoms with Crippen LogP contribution in [0.2, 0.25) is 0 Å². The van der Waals surface area contributed by atoms with Crippen molar-refractivity contribution in [3.05, 3.63) is 60.4 Å². The van der Waals surface area contributed by atoms with E-state index >= 15 is 0 Å². The molecule has 2 aliphatic rings. The van der Waals surface area contributed by atoms with Gasteiger partial charge >= 0.3 is 0 Å². The van der Waals surface area contributed by atoms with Crippen LogP contribution in [0.25, 0.3) is 5.95 Å². The molecule has 190 valence electrons. The first kappa shape index (κ1) is 24.2. The van der Waals surface area contributed by atoms with Crippen LogP contribution in [0.15, 0.2) is 49.2 Å². The summed E-state index contributed by atoms with van der Waals surface area (Å²) in [6.07, 6.45) is 10.2. The number of imidazole rings is 1. The zero-order chi connectivity index (χ0) is 24.8. The summed E-state index contributed by atoms with van der Waals surface area (Å²) in [5.74, 6) is 2.01. The number of carbonyl (C=O) groups is 1. The van der Waals surface area contributed by atoms with Gasteiger partial charge in [-0.3, -0.25) is 14.3 Å². The first-order chi connectivity index (χ1) is 17.7. The van der Waals surface area contributed by atoms with E-state index in [-0.39, 0.29) is 12.7 Å². The second-order valence-electron chi connectivity index (χ2n) is 9.11. The smallest absolute Gasteiger partial charge is 0.246 e. The fraction of sp³-hybridized carbons (Fsp3) is 0.462. The number of rotatable bonds is 10. The predicted octanol–water partition coefficient (Wildman–Crippen LogP) is 2.04. The minimum Gasteiger partial charge on any atom is -0.454 e. The summed E-state index contributed by atoms with van der Waals surface area (Å²) in [7, 11) is 0. The third-order valence-corrected chi connectivity index (χ3v) is 6.86. The number of nitrogens with one attached hydrogen (secondary N) is 2. The minimum atomic E-state index is -0.884. The summed E-state index contributed by atoms with van der Waals surface area (Å²) in [5, 5.41) is 6.66.